The highest BCUT2D eigenvalue weighted by atomic mass is 19.1. The van der Waals surface area contributed by atoms with Crippen molar-refractivity contribution in [3.63, 3.8) is 0 Å². The predicted molar refractivity (Wildman–Crippen MR) is 139 cm³/mol. The second kappa shape index (κ2) is 11.2. The molecule has 1 aromatic carbocycles. The molecule has 0 bridgehead atoms. The third kappa shape index (κ3) is 4.94. The maximum atomic E-state index is 14.5. The molecular weight excluding hydrogens is 493 g/mol. The number of nitrogens with zero attached hydrogens (tertiary/aromatic N) is 1. The lowest BCUT2D eigenvalue weighted by Gasteiger charge is -2.26. The molecule has 4 heterocycles. The molecule has 38 heavy (non-hydrogen) atoms. The number of hydrogen-bond acceptors (Lipinski definition) is 8. The molecule has 0 radical (unpaired) electrons. The highest BCUT2D eigenvalue weighted by Gasteiger charge is 2.36. The SMILES string of the molecule is COc1c(F)cccc1Nc1c(-c2ccncc2OC[C@@H]2CNCCO2)[nH]c2c1C(=O)NCC2C(C)C=O. The van der Waals surface area contributed by atoms with Gasteiger partial charge in [0.2, 0.25) is 0 Å². The van der Waals surface area contributed by atoms with Crippen molar-refractivity contribution in [3.05, 3.63) is 53.7 Å². The van der Waals surface area contributed by atoms with Gasteiger partial charge in [0.05, 0.1) is 42.5 Å². The van der Waals surface area contributed by atoms with Gasteiger partial charge in [-0.3, -0.25) is 9.78 Å². The van der Waals surface area contributed by atoms with E-state index < -0.39 is 5.82 Å². The lowest BCUT2D eigenvalue weighted by Crippen LogP contribution is -2.41. The number of carbonyl (C=O) groups is 2. The first kappa shape index (κ1) is 25.7. The molecule has 2 aliphatic heterocycles. The fourth-order valence-corrected chi connectivity index (χ4v) is 4.86. The fraction of sp³-hybridized carbons (Fsp3) is 0.370. The number of aromatic nitrogens is 2. The van der Waals surface area contributed by atoms with Crippen LogP contribution >= 0.6 is 0 Å². The lowest BCUT2D eigenvalue weighted by atomic mass is 9.87. The van der Waals surface area contributed by atoms with Gasteiger partial charge >= 0.3 is 0 Å². The van der Waals surface area contributed by atoms with Crippen LogP contribution in [0.5, 0.6) is 11.5 Å². The van der Waals surface area contributed by atoms with Crippen molar-refractivity contribution in [2.24, 2.45) is 5.92 Å². The van der Waals surface area contributed by atoms with Crippen molar-refractivity contribution in [2.45, 2.75) is 18.9 Å². The summed E-state index contributed by atoms with van der Waals surface area (Å²) in [6.07, 6.45) is 3.97. The van der Waals surface area contributed by atoms with Gasteiger partial charge in [-0.1, -0.05) is 13.0 Å². The number of methoxy groups -OCH3 is 1. The summed E-state index contributed by atoms with van der Waals surface area (Å²) in [6, 6.07) is 6.28. The molecule has 3 aromatic rings. The Hall–Kier alpha value is -3.96. The van der Waals surface area contributed by atoms with Gasteiger partial charge in [0.15, 0.2) is 11.6 Å². The molecular formula is C27H30FN5O5. The van der Waals surface area contributed by atoms with E-state index in [1.165, 1.54) is 13.2 Å². The average Bonchev–Trinajstić information content (AvgIpc) is 3.32. The summed E-state index contributed by atoms with van der Waals surface area (Å²) in [4.78, 5) is 32.5. The van der Waals surface area contributed by atoms with E-state index in [4.69, 9.17) is 14.2 Å². The van der Waals surface area contributed by atoms with Crippen molar-refractivity contribution >= 4 is 23.6 Å². The highest BCUT2D eigenvalue weighted by molar-refractivity contribution is 6.07. The van der Waals surface area contributed by atoms with Crippen LogP contribution in [0, 0.1) is 11.7 Å². The topological polar surface area (TPSA) is 127 Å². The minimum atomic E-state index is -0.547. The van der Waals surface area contributed by atoms with Gasteiger partial charge < -0.3 is 39.9 Å². The van der Waals surface area contributed by atoms with Crippen LogP contribution in [-0.2, 0) is 9.53 Å². The molecule has 2 aromatic heterocycles. The normalized spacial score (nSPS) is 19.7. The number of hydrogen-bond donors (Lipinski definition) is 4. The monoisotopic (exact) mass is 523 g/mol. The van der Waals surface area contributed by atoms with Crippen molar-refractivity contribution in [1.29, 1.82) is 0 Å². The number of aldehydes is 1. The summed E-state index contributed by atoms with van der Waals surface area (Å²) in [6.45, 7) is 4.49. The number of H-pyrrole nitrogens is 1. The van der Waals surface area contributed by atoms with Crippen LogP contribution in [0.2, 0.25) is 0 Å². The molecule has 4 N–H and O–H groups in total. The molecule has 1 amide bonds. The van der Waals surface area contributed by atoms with E-state index in [1.54, 1.807) is 37.5 Å². The van der Waals surface area contributed by atoms with Crippen molar-refractivity contribution in [3.8, 4) is 22.8 Å². The predicted octanol–water partition coefficient (Wildman–Crippen LogP) is 3.00. The molecule has 0 saturated carbocycles. The summed E-state index contributed by atoms with van der Waals surface area (Å²) >= 11 is 0. The summed E-state index contributed by atoms with van der Waals surface area (Å²) < 4.78 is 31.7. The fourth-order valence-electron chi connectivity index (χ4n) is 4.86. The van der Waals surface area contributed by atoms with Crippen LogP contribution in [0.3, 0.4) is 0 Å². The third-order valence-corrected chi connectivity index (χ3v) is 6.87. The van der Waals surface area contributed by atoms with Gasteiger partial charge in [0.25, 0.3) is 5.91 Å². The number of rotatable bonds is 9. The second-order valence-electron chi connectivity index (χ2n) is 9.30. The maximum absolute atomic E-state index is 14.5. The molecule has 1 fully saturated rings. The van der Waals surface area contributed by atoms with Crippen LogP contribution < -0.4 is 25.4 Å². The molecule has 200 valence electrons. The Bertz CT molecular complexity index is 1320. The average molecular weight is 524 g/mol. The van der Waals surface area contributed by atoms with E-state index >= 15 is 0 Å². The Labute approximate surface area is 219 Å². The van der Waals surface area contributed by atoms with E-state index in [-0.39, 0.29) is 29.6 Å². The summed E-state index contributed by atoms with van der Waals surface area (Å²) in [7, 11) is 1.38. The Morgan fingerprint density at radius 3 is 2.95 bits per heavy atom. The molecule has 1 saturated heterocycles. The van der Waals surface area contributed by atoms with Gasteiger partial charge in [-0.25, -0.2) is 4.39 Å². The molecule has 11 heteroatoms. The highest BCUT2D eigenvalue weighted by Crippen LogP contribution is 2.44. The number of halogens is 1. The Kier molecular flexibility index (Phi) is 7.57. The standard InChI is InChI=1S/C27H30FN5O5/c1-15(13-34)18-11-31-27(35)22-23(18)33-24(25(22)32-20-5-3-4-19(28)26(20)36-2)17-6-7-29-12-21(17)38-14-16-10-30-8-9-37-16/h3-7,12-13,15-16,18,30,32-33H,8-11,14H2,1-2H3,(H,31,35)/t15?,16-,18?/m0/s1. The number of benzene rings is 1. The number of pyridine rings is 1. The van der Waals surface area contributed by atoms with Crippen LogP contribution in [0.15, 0.2) is 36.7 Å². The number of nitrogens with one attached hydrogen (secondary N) is 4. The van der Waals surface area contributed by atoms with Crippen molar-refractivity contribution in [2.75, 3.05) is 45.3 Å². The van der Waals surface area contributed by atoms with Crippen LogP contribution in [0.4, 0.5) is 15.8 Å². The number of morpholine rings is 1. The lowest BCUT2D eigenvalue weighted by molar-refractivity contribution is -0.111. The smallest absolute Gasteiger partial charge is 0.255 e. The van der Waals surface area contributed by atoms with Crippen LogP contribution in [0.1, 0.15) is 28.9 Å². The number of anilines is 2. The van der Waals surface area contributed by atoms with Gasteiger partial charge in [-0.2, -0.15) is 0 Å². The first-order valence-electron chi connectivity index (χ1n) is 12.5. The van der Waals surface area contributed by atoms with Crippen molar-refractivity contribution < 1.29 is 28.2 Å². The summed E-state index contributed by atoms with van der Waals surface area (Å²) in [5, 5.41) is 9.39. The minimum absolute atomic E-state index is 0.00979. The van der Waals surface area contributed by atoms with E-state index in [1.807, 2.05) is 0 Å². The number of carbonyl (C=O) groups excluding carboxylic acids is 2. The first-order chi connectivity index (χ1) is 18.5. The molecule has 10 nitrogen and oxygen atoms in total. The summed E-state index contributed by atoms with van der Waals surface area (Å²) in [5.41, 5.74) is 2.90. The van der Waals surface area contributed by atoms with Crippen LogP contribution in [0.25, 0.3) is 11.3 Å². The first-order valence-corrected chi connectivity index (χ1v) is 12.5. The van der Waals surface area contributed by atoms with Gasteiger partial charge in [-0.05, 0) is 18.2 Å². The second-order valence-corrected chi connectivity index (χ2v) is 9.30. The number of aromatic amines is 1. The number of para-hydroxylation sites is 1. The van der Waals surface area contributed by atoms with Crippen molar-refractivity contribution in [1.82, 2.24) is 20.6 Å². The quantitative estimate of drug-likeness (QED) is 0.316. The molecule has 2 aliphatic rings. The van der Waals surface area contributed by atoms with E-state index in [0.29, 0.717) is 65.9 Å². The Morgan fingerprint density at radius 1 is 1.32 bits per heavy atom. The maximum Gasteiger partial charge on any atom is 0.255 e. The van der Waals surface area contributed by atoms with Gasteiger partial charge in [0.1, 0.15) is 24.7 Å². The molecule has 0 aliphatic carbocycles. The third-order valence-electron chi connectivity index (χ3n) is 6.87. The molecule has 5 rings (SSSR count). The molecule has 0 spiro atoms. The van der Waals surface area contributed by atoms with Gasteiger partial charge in [-0.15, -0.1) is 0 Å². The minimum Gasteiger partial charge on any atom is -0.492 e. The number of ether oxygens (including phenoxy) is 3. The Balaban J connectivity index is 1.62. The zero-order valence-electron chi connectivity index (χ0n) is 21.2. The van der Waals surface area contributed by atoms with Gasteiger partial charge in [0, 0.05) is 48.9 Å². The van der Waals surface area contributed by atoms with E-state index in [9.17, 15) is 14.0 Å². The molecule has 2 unspecified atom stereocenters. The Morgan fingerprint density at radius 2 is 2.18 bits per heavy atom. The van der Waals surface area contributed by atoms with Crippen LogP contribution in [-0.4, -0.2) is 68.2 Å². The zero-order valence-corrected chi connectivity index (χ0v) is 21.2. The van der Waals surface area contributed by atoms with E-state index in [2.05, 4.69) is 25.9 Å². The molecule has 3 atom stereocenters. The number of amides is 1. The number of fused-ring (bicyclic) bond motifs is 1. The zero-order chi connectivity index (χ0) is 26.6. The summed E-state index contributed by atoms with van der Waals surface area (Å²) in [5.74, 6) is -1.01. The largest absolute Gasteiger partial charge is 0.492 e. The van der Waals surface area contributed by atoms with E-state index in [0.717, 1.165) is 12.8 Å².